The summed E-state index contributed by atoms with van der Waals surface area (Å²) in [6.07, 6.45) is 1.69. The molecule has 2 rings (SSSR count). The Kier molecular flexibility index (Phi) is 7.71. The third-order valence-electron chi connectivity index (χ3n) is 4.97. The molecule has 0 aliphatic rings. The van der Waals surface area contributed by atoms with Gasteiger partial charge < -0.3 is 9.29 Å². The average Bonchev–Trinajstić information content (AvgIpc) is 2.65. The Balaban J connectivity index is 2.21. The minimum atomic E-state index is -1.39. The summed E-state index contributed by atoms with van der Waals surface area (Å²) in [5.74, 6) is 0.132. The van der Waals surface area contributed by atoms with E-state index in [0.29, 0.717) is 13.0 Å². The van der Waals surface area contributed by atoms with Gasteiger partial charge in [0, 0.05) is 23.7 Å². The van der Waals surface area contributed by atoms with E-state index in [1.165, 1.54) is 11.1 Å². The molecule has 0 aliphatic carbocycles. The van der Waals surface area contributed by atoms with Crippen molar-refractivity contribution in [2.75, 3.05) is 0 Å². The minimum Gasteiger partial charge on any atom is -0.598 e. The largest absolute Gasteiger partial charge is 0.598 e. The summed E-state index contributed by atoms with van der Waals surface area (Å²) in [7, 11) is 0. The van der Waals surface area contributed by atoms with Crippen LogP contribution in [0.4, 0.5) is 0 Å². The van der Waals surface area contributed by atoms with Crippen molar-refractivity contribution in [3.63, 3.8) is 0 Å². The molecule has 0 aliphatic heterocycles. The van der Waals surface area contributed by atoms with E-state index in [9.17, 15) is 4.55 Å². The first-order chi connectivity index (χ1) is 12.3. The van der Waals surface area contributed by atoms with Crippen LogP contribution in [-0.4, -0.2) is 15.4 Å². The van der Waals surface area contributed by atoms with Gasteiger partial charge in [0.25, 0.3) is 0 Å². The molecular weight excluding hydrogens is 342 g/mol. The smallest absolute Gasteiger partial charge is 0.140 e. The lowest BCUT2D eigenvalue weighted by molar-refractivity contribution is 0.0306. The SMILES string of the molecule is CCc1cccc([C@H](CC(C)(C)[S@@+](N)[O-])[C@H](C)OCc2ccccc2)c1. The molecule has 26 heavy (non-hydrogen) atoms. The Morgan fingerprint density at radius 3 is 2.35 bits per heavy atom. The maximum atomic E-state index is 12.0. The minimum absolute atomic E-state index is 0.00913. The first-order valence-electron chi connectivity index (χ1n) is 9.24. The predicted octanol–water partition coefficient (Wildman–Crippen LogP) is 4.73. The van der Waals surface area contributed by atoms with Crippen molar-refractivity contribution in [2.45, 2.75) is 63.9 Å². The quantitative estimate of drug-likeness (QED) is 0.647. The highest BCUT2D eigenvalue weighted by Gasteiger charge is 2.36. The van der Waals surface area contributed by atoms with Crippen molar-refractivity contribution in [3.05, 3.63) is 71.3 Å². The number of hydrogen-bond acceptors (Lipinski definition) is 3. The summed E-state index contributed by atoms with van der Waals surface area (Å²) >= 11 is -1.39. The molecule has 3 nitrogen and oxygen atoms in total. The Morgan fingerprint density at radius 1 is 1.08 bits per heavy atom. The van der Waals surface area contributed by atoms with Gasteiger partial charge in [-0.2, -0.15) is 5.14 Å². The van der Waals surface area contributed by atoms with E-state index in [4.69, 9.17) is 9.88 Å². The van der Waals surface area contributed by atoms with Gasteiger partial charge in [-0.05, 0) is 43.9 Å². The second kappa shape index (κ2) is 9.56. The van der Waals surface area contributed by atoms with Crippen molar-refractivity contribution < 1.29 is 9.29 Å². The van der Waals surface area contributed by atoms with Gasteiger partial charge in [0.1, 0.15) is 4.75 Å². The van der Waals surface area contributed by atoms with E-state index in [0.717, 1.165) is 12.0 Å². The van der Waals surface area contributed by atoms with Crippen LogP contribution < -0.4 is 5.14 Å². The highest BCUT2D eigenvalue weighted by molar-refractivity contribution is 7.90. The summed E-state index contributed by atoms with van der Waals surface area (Å²) in [5, 5.41) is 5.75. The molecule has 0 aromatic heterocycles. The van der Waals surface area contributed by atoms with Crippen LogP contribution >= 0.6 is 0 Å². The lowest BCUT2D eigenvalue weighted by Crippen LogP contribution is -2.40. The van der Waals surface area contributed by atoms with Gasteiger partial charge in [-0.3, -0.25) is 0 Å². The number of ether oxygens (including phenoxy) is 1. The zero-order chi connectivity index (χ0) is 19.2. The first-order valence-corrected chi connectivity index (χ1v) is 10.5. The van der Waals surface area contributed by atoms with Crippen LogP contribution in [0.1, 0.15) is 56.7 Å². The Bertz CT molecular complexity index is 673. The van der Waals surface area contributed by atoms with Gasteiger partial charge in [-0.25, -0.2) is 0 Å². The first kappa shape index (κ1) is 21.0. The Labute approximate surface area is 161 Å². The fourth-order valence-corrected chi connectivity index (χ4v) is 3.47. The van der Waals surface area contributed by atoms with E-state index >= 15 is 0 Å². The molecular formula is C22H31NO2S. The molecule has 0 amide bonds. The molecule has 0 radical (unpaired) electrons. The molecule has 0 saturated heterocycles. The zero-order valence-electron chi connectivity index (χ0n) is 16.3. The number of nitrogens with two attached hydrogens (primary N) is 1. The van der Waals surface area contributed by atoms with Crippen LogP contribution in [0, 0.1) is 0 Å². The number of aryl methyl sites for hydroxylation is 1. The van der Waals surface area contributed by atoms with E-state index < -0.39 is 16.1 Å². The van der Waals surface area contributed by atoms with Gasteiger partial charge in [-0.1, -0.05) is 61.5 Å². The van der Waals surface area contributed by atoms with Crippen molar-refractivity contribution in [2.24, 2.45) is 5.14 Å². The number of rotatable bonds is 9. The highest BCUT2D eigenvalue weighted by atomic mass is 32.2. The van der Waals surface area contributed by atoms with Crippen molar-refractivity contribution in [3.8, 4) is 0 Å². The van der Waals surface area contributed by atoms with Gasteiger partial charge in [-0.15, -0.1) is 0 Å². The predicted molar refractivity (Wildman–Crippen MR) is 110 cm³/mol. The highest BCUT2D eigenvalue weighted by Crippen LogP contribution is 2.34. The van der Waals surface area contributed by atoms with E-state index in [1.807, 2.05) is 32.0 Å². The maximum absolute atomic E-state index is 12.0. The van der Waals surface area contributed by atoms with Crippen molar-refractivity contribution in [1.82, 2.24) is 0 Å². The zero-order valence-corrected chi connectivity index (χ0v) is 17.1. The van der Waals surface area contributed by atoms with Crippen LogP contribution in [0.2, 0.25) is 0 Å². The molecule has 2 aromatic rings. The molecule has 0 spiro atoms. The summed E-state index contributed by atoms with van der Waals surface area (Å²) in [4.78, 5) is 0. The Hall–Kier alpha value is -1.33. The molecule has 0 bridgehead atoms. The molecule has 0 heterocycles. The van der Waals surface area contributed by atoms with Gasteiger partial charge in [0.05, 0.1) is 12.7 Å². The number of benzene rings is 2. The second-order valence-electron chi connectivity index (χ2n) is 7.47. The van der Waals surface area contributed by atoms with Crippen LogP contribution in [-0.2, 0) is 29.1 Å². The van der Waals surface area contributed by atoms with Crippen molar-refractivity contribution >= 4 is 11.4 Å². The molecule has 0 fully saturated rings. The fourth-order valence-electron chi connectivity index (χ4n) is 3.13. The Morgan fingerprint density at radius 2 is 1.73 bits per heavy atom. The third-order valence-corrected chi connectivity index (χ3v) is 6.22. The molecule has 142 valence electrons. The van der Waals surface area contributed by atoms with Crippen LogP contribution in [0.15, 0.2) is 54.6 Å². The number of hydrogen-bond donors (Lipinski definition) is 1. The fraction of sp³-hybridized carbons (Fsp3) is 0.455. The van der Waals surface area contributed by atoms with Crippen LogP contribution in [0.5, 0.6) is 0 Å². The third kappa shape index (κ3) is 5.85. The maximum Gasteiger partial charge on any atom is 0.140 e. The van der Waals surface area contributed by atoms with E-state index in [-0.39, 0.29) is 12.0 Å². The summed E-state index contributed by atoms with van der Waals surface area (Å²) in [6, 6.07) is 18.8. The van der Waals surface area contributed by atoms with E-state index in [1.54, 1.807) is 0 Å². The van der Waals surface area contributed by atoms with E-state index in [2.05, 4.69) is 50.2 Å². The molecule has 2 N–H and O–H groups in total. The van der Waals surface area contributed by atoms with Gasteiger partial charge in [0.2, 0.25) is 0 Å². The van der Waals surface area contributed by atoms with Crippen molar-refractivity contribution in [1.29, 1.82) is 0 Å². The normalized spacial score (nSPS) is 15.5. The van der Waals surface area contributed by atoms with Gasteiger partial charge in [0.15, 0.2) is 0 Å². The molecule has 0 unspecified atom stereocenters. The molecule has 4 heteroatoms. The summed E-state index contributed by atoms with van der Waals surface area (Å²) in [5.41, 5.74) is 3.68. The molecule has 2 aromatic carbocycles. The lowest BCUT2D eigenvalue weighted by Gasteiger charge is -2.32. The summed E-state index contributed by atoms with van der Waals surface area (Å²) in [6.45, 7) is 8.75. The van der Waals surface area contributed by atoms with Crippen LogP contribution in [0.25, 0.3) is 0 Å². The standard InChI is InChI=1S/C22H31NO2S/c1-5-18-12-9-13-20(14-18)21(15-22(3,4)26(23)24)17(2)25-16-19-10-7-6-8-11-19/h6-14,17,21H,5,15-16,23H2,1-4H3/t17-,21+,26-/m0/s1. The average molecular weight is 374 g/mol. The van der Waals surface area contributed by atoms with Gasteiger partial charge >= 0.3 is 0 Å². The molecule has 3 atom stereocenters. The van der Waals surface area contributed by atoms with Crippen LogP contribution in [0.3, 0.4) is 0 Å². The lowest BCUT2D eigenvalue weighted by atomic mass is 9.85. The summed E-state index contributed by atoms with van der Waals surface area (Å²) < 4.78 is 17.7. The topological polar surface area (TPSA) is 58.3 Å². The molecule has 0 saturated carbocycles. The second-order valence-corrected chi connectivity index (χ2v) is 9.17. The monoisotopic (exact) mass is 373 g/mol.